The first-order valence-corrected chi connectivity index (χ1v) is 5.93. The van der Waals surface area contributed by atoms with Gasteiger partial charge in [-0.1, -0.05) is 23.2 Å². The molecule has 0 bridgehead atoms. The molecule has 0 radical (unpaired) electrons. The molecule has 0 N–H and O–H groups in total. The standard InChI is InChI=1S/C12H9Cl2FN2O2/c1-18-7-4-3-6(5-8(7)19-2)12-16-10(13)9(15)11(14)17-12/h3-5H,1-2H3. The fraction of sp³-hybridized carbons (Fsp3) is 0.167. The number of benzene rings is 1. The zero-order valence-electron chi connectivity index (χ0n) is 10.1. The molecule has 0 saturated heterocycles. The Labute approximate surface area is 119 Å². The van der Waals surface area contributed by atoms with Crippen LogP contribution in [0.2, 0.25) is 10.3 Å². The number of aromatic nitrogens is 2. The second-order valence-corrected chi connectivity index (χ2v) is 4.23. The fourth-order valence-electron chi connectivity index (χ4n) is 1.50. The molecular weight excluding hydrogens is 294 g/mol. The SMILES string of the molecule is COc1ccc(-c2nc(Cl)c(F)c(Cl)n2)cc1OC. The summed E-state index contributed by atoms with van der Waals surface area (Å²) < 4.78 is 23.5. The van der Waals surface area contributed by atoms with E-state index in [1.807, 2.05) is 0 Å². The van der Waals surface area contributed by atoms with E-state index in [0.717, 1.165) is 0 Å². The lowest BCUT2D eigenvalue weighted by atomic mass is 10.2. The molecule has 1 aromatic heterocycles. The predicted molar refractivity (Wildman–Crippen MR) is 70.6 cm³/mol. The Morgan fingerprint density at radius 2 is 1.58 bits per heavy atom. The summed E-state index contributed by atoms with van der Waals surface area (Å²) in [6.45, 7) is 0. The Bertz CT molecular complexity index is 600. The largest absolute Gasteiger partial charge is 0.493 e. The van der Waals surface area contributed by atoms with E-state index in [9.17, 15) is 4.39 Å². The lowest BCUT2D eigenvalue weighted by Gasteiger charge is -2.09. The maximum atomic E-state index is 13.3. The van der Waals surface area contributed by atoms with Crippen LogP contribution in [0.3, 0.4) is 0 Å². The summed E-state index contributed by atoms with van der Waals surface area (Å²) in [6.07, 6.45) is 0. The summed E-state index contributed by atoms with van der Waals surface area (Å²) in [5.74, 6) is 0.427. The first-order valence-electron chi connectivity index (χ1n) is 5.17. The molecular formula is C12H9Cl2FN2O2. The van der Waals surface area contributed by atoms with Crippen molar-refractivity contribution < 1.29 is 13.9 Å². The van der Waals surface area contributed by atoms with Crippen molar-refractivity contribution in [2.45, 2.75) is 0 Å². The summed E-state index contributed by atoms with van der Waals surface area (Å²) >= 11 is 11.3. The van der Waals surface area contributed by atoms with Crippen molar-refractivity contribution in [3.05, 3.63) is 34.3 Å². The van der Waals surface area contributed by atoms with E-state index >= 15 is 0 Å². The highest BCUT2D eigenvalue weighted by atomic mass is 35.5. The van der Waals surface area contributed by atoms with Gasteiger partial charge in [0.1, 0.15) is 0 Å². The lowest BCUT2D eigenvalue weighted by molar-refractivity contribution is 0.355. The third-order valence-electron chi connectivity index (χ3n) is 2.41. The third kappa shape index (κ3) is 2.72. The summed E-state index contributed by atoms with van der Waals surface area (Å²) in [4.78, 5) is 7.67. The molecule has 0 fully saturated rings. The van der Waals surface area contributed by atoms with E-state index in [4.69, 9.17) is 32.7 Å². The van der Waals surface area contributed by atoms with Crippen molar-refractivity contribution in [3.63, 3.8) is 0 Å². The first kappa shape index (κ1) is 13.8. The predicted octanol–water partition coefficient (Wildman–Crippen LogP) is 3.61. The molecule has 2 aromatic rings. The van der Waals surface area contributed by atoms with Gasteiger partial charge in [-0.05, 0) is 18.2 Å². The van der Waals surface area contributed by atoms with Gasteiger partial charge in [-0.25, -0.2) is 14.4 Å². The van der Waals surface area contributed by atoms with Crippen LogP contribution in [0.25, 0.3) is 11.4 Å². The van der Waals surface area contributed by atoms with Crippen molar-refractivity contribution >= 4 is 23.2 Å². The summed E-state index contributed by atoms with van der Waals surface area (Å²) in [5, 5.41) is -0.658. The van der Waals surface area contributed by atoms with Crippen LogP contribution in [0.15, 0.2) is 18.2 Å². The van der Waals surface area contributed by atoms with Crippen molar-refractivity contribution in [1.82, 2.24) is 9.97 Å². The monoisotopic (exact) mass is 302 g/mol. The van der Waals surface area contributed by atoms with Crippen molar-refractivity contribution in [2.24, 2.45) is 0 Å². The number of hydrogen-bond acceptors (Lipinski definition) is 4. The molecule has 1 heterocycles. The van der Waals surface area contributed by atoms with Gasteiger partial charge in [-0.3, -0.25) is 0 Å². The Balaban J connectivity index is 2.53. The molecule has 0 saturated carbocycles. The summed E-state index contributed by atoms with van der Waals surface area (Å²) in [5.41, 5.74) is 0.585. The smallest absolute Gasteiger partial charge is 0.197 e. The number of nitrogens with zero attached hydrogens (tertiary/aromatic N) is 2. The van der Waals surface area contributed by atoms with Gasteiger partial charge in [0, 0.05) is 5.56 Å². The van der Waals surface area contributed by atoms with Gasteiger partial charge in [-0.2, -0.15) is 0 Å². The second kappa shape index (κ2) is 5.59. The van der Waals surface area contributed by atoms with Gasteiger partial charge in [0.05, 0.1) is 14.2 Å². The second-order valence-electron chi connectivity index (χ2n) is 3.51. The van der Waals surface area contributed by atoms with E-state index in [2.05, 4.69) is 9.97 Å². The number of methoxy groups -OCH3 is 2. The molecule has 0 atom stereocenters. The Hall–Kier alpha value is -1.59. The topological polar surface area (TPSA) is 44.2 Å². The van der Waals surface area contributed by atoms with Gasteiger partial charge >= 0.3 is 0 Å². The van der Waals surface area contributed by atoms with Crippen LogP contribution in [-0.2, 0) is 0 Å². The molecule has 4 nitrogen and oxygen atoms in total. The third-order valence-corrected chi connectivity index (χ3v) is 2.91. The van der Waals surface area contributed by atoms with E-state index in [1.54, 1.807) is 18.2 Å². The van der Waals surface area contributed by atoms with Crippen LogP contribution in [0.4, 0.5) is 4.39 Å². The summed E-state index contributed by atoms with van der Waals surface area (Å²) in [6, 6.07) is 5.03. The minimum Gasteiger partial charge on any atom is -0.493 e. The minimum absolute atomic E-state index is 0.206. The number of ether oxygens (including phenoxy) is 2. The van der Waals surface area contributed by atoms with Crippen molar-refractivity contribution in [1.29, 1.82) is 0 Å². The first-order chi connectivity index (χ1) is 9.06. The van der Waals surface area contributed by atoms with Crippen molar-refractivity contribution in [3.8, 4) is 22.9 Å². The van der Waals surface area contributed by atoms with Gasteiger partial charge in [0.25, 0.3) is 0 Å². The average molecular weight is 303 g/mol. The number of halogens is 3. The fourth-order valence-corrected chi connectivity index (χ4v) is 1.89. The van der Waals surface area contributed by atoms with Crippen LogP contribution in [0.5, 0.6) is 11.5 Å². The number of rotatable bonds is 3. The molecule has 0 unspecified atom stereocenters. The molecule has 0 spiro atoms. The molecule has 19 heavy (non-hydrogen) atoms. The highest BCUT2D eigenvalue weighted by Crippen LogP contribution is 2.32. The van der Waals surface area contributed by atoms with Crippen molar-refractivity contribution in [2.75, 3.05) is 14.2 Å². The van der Waals surface area contributed by atoms with Gasteiger partial charge in [0.2, 0.25) is 0 Å². The molecule has 2 rings (SSSR count). The zero-order valence-corrected chi connectivity index (χ0v) is 11.6. The highest BCUT2D eigenvalue weighted by molar-refractivity contribution is 6.33. The molecule has 0 aliphatic carbocycles. The minimum atomic E-state index is -0.840. The van der Waals surface area contributed by atoms with E-state index in [-0.39, 0.29) is 16.1 Å². The van der Waals surface area contributed by atoms with E-state index < -0.39 is 5.82 Å². The number of hydrogen-bond donors (Lipinski definition) is 0. The zero-order chi connectivity index (χ0) is 14.0. The summed E-state index contributed by atoms with van der Waals surface area (Å²) in [7, 11) is 3.03. The Morgan fingerprint density at radius 1 is 1.00 bits per heavy atom. The van der Waals surface area contributed by atoms with Crippen LogP contribution < -0.4 is 9.47 Å². The maximum absolute atomic E-state index is 13.3. The lowest BCUT2D eigenvalue weighted by Crippen LogP contribution is -1.96. The van der Waals surface area contributed by atoms with Gasteiger partial charge in [-0.15, -0.1) is 0 Å². The Morgan fingerprint density at radius 3 is 2.11 bits per heavy atom. The molecule has 1 aromatic carbocycles. The van der Waals surface area contributed by atoms with Crippen LogP contribution in [0.1, 0.15) is 0 Å². The molecule has 0 amide bonds. The van der Waals surface area contributed by atoms with E-state index in [1.165, 1.54) is 14.2 Å². The normalized spacial score (nSPS) is 10.4. The maximum Gasteiger partial charge on any atom is 0.197 e. The average Bonchev–Trinajstić information content (AvgIpc) is 2.43. The Kier molecular flexibility index (Phi) is 4.07. The molecule has 0 aliphatic rings. The van der Waals surface area contributed by atoms with E-state index in [0.29, 0.717) is 17.1 Å². The van der Waals surface area contributed by atoms with Crippen LogP contribution >= 0.6 is 23.2 Å². The highest BCUT2D eigenvalue weighted by Gasteiger charge is 2.14. The molecule has 100 valence electrons. The van der Waals surface area contributed by atoms with Crippen LogP contribution in [0, 0.1) is 5.82 Å². The van der Waals surface area contributed by atoms with Gasteiger partial charge < -0.3 is 9.47 Å². The van der Waals surface area contributed by atoms with Gasteiger partial charge in [0.15, 0.2) is 33.4 Å². The van der Waals surface area contributed by atoms with Crippen LogP contribution in [-0.4, -0.2) is 24.2 Å². The molecule has 7 heteroatoms. The molecule has 0 aliphatic heterocycles. The quantitative estimate of drug-likeness (QED) is 0.813.